The molecule has 0 radical (unpaired) electrons. The van der Waals surface area contributed by atoms with Crippen molar-refractivity contribution < 1.29 is 42.5 Å². The van der Waals surface area contributed by atoms with E-state index in [1.165, 1.54) is 6.08 Å². The number of fused-ring (bicyclic) bond motifs is 2. The van der Waals surface area contributed by atoms with Crippen molar-refractivity contribution in [2.75, 3.05) is 19.8 Å². The molecule has 37 heavy (non-hydrogen) atoms. The molecule has 4 aromatic rings. The number of benzene rings is 2. The van der Waals surface area contributed by atoms with E-state index in [9.17, 15) is 14.4 Å². The van der Waals surface area contributed by atoms with Crippen LogP contribution in [-0.4, -0.2) is 42.8 Å². The number of rotatable bonds is 7. The summed E-state index contributed by atoms with van der Waals surface area (Å²) in [6.45, 7) is 5.15. The predicted molar refractivity (Wildman–Crippen MR) is 134 cm³/mol. The lowest BCUT2D eigenvalue weighted by Crippen LogP contribution is -2.19. The zero-order valence-electron chi connectivity index (χ0n) is 20.5. The molecule has 0 aliphatic carbocycles. The quantitative estimate of drug-likeness (QED) is 0.155. The maximum Gasteiger partial charge on any atom is 0.515 e. The van der Waals surface area contributed by atoms with Crippen LogP contribution in [-0.2, 0) is 18.9 Å². The maximum atomic E-state index is 12.9. The fraction of sp³-hybridized carbons (Fsp3) is 0.222. The molecule has 2 heterocycles. The van der Waals surface area contributed by atoms with Gasteiger partial charge < -0.3 is 28.1 Å². The van der Waals surface area contributed by atoms with Crippen LogP contribution in [0, 0.1) is 0 Å². The van der Waals surface area contributed by atoms with Gasteiger partial charge in [0.15, 0.2) is 11.5 Å². The van der Waals surface area contributed by atoms with Gasteiger partial charge in [-0.05, 0) is 45.0 Å². The Morgan fingerprint density at radius 1 is 0.865 bits per heavy atom. The molecule has 0 spiro atoms. The first-order chi connectivity index (χ1) is 18.0. The highest BCUT2D eigenvalue weighted by molar-refractivity contribution is 6.02. The van der Waals surface area contributed by atoms with Crippen molar-refractivity contribution in [3.63, 3.8) is 0 Å². The van der Waals surface area contributed by atoms with Gasteiger partial charge in [0.05, 0.1) is 25.3 Å². The largest absolute Gasteiger partial charge is 0.515 e. The summed E-state index contributed by atoms with van der Waals surface area (Å²) in [5.74, 6) is -0.00130. The lowest BCUT2D eigenvalue weighted by Gasteiger charge is -2.10. The molecule has 4 rings (SSSR count). The normalized spacial score (nSPS) is 11.4. The maximum absolute atomic E-state index is 12.9. The highest BCUT2D eigenvalue weighted by Gasteiger charge is 2.27. The summed E-state index contributed by atoms with van der Waals surface area (Å²) < 4.78 is 33.1. The molecule has 10 heteroatoms. The Morgan fingerprint density at radius 3 is 2.27 bits per heavy atom. The molecule has 10 nitrogen and oxygen atoms in total. The summed E-state index contributed by atoms with van der Waals surface area (Å²) >= 11 is 0. The molecule has 0 bridgehead atoms. The number of aromatic nitrogens is 1. The van der Waals surface area contributed by atoms with Crippen molar-refractivity contribution in [1.29, 1.82) is 0 Å². The molecule has 0 unspecified atom stereocenters. The number of furan rings is 1. The highest BCUT2D eigenvalue weighted by Crippen LogP contribution is 2.37. The zero-order chi connectivity index (χ0) is 26.4. The average molecular weight is 507 g/mol. The molecule has 0 fully saturated rings. The lowest BCUT2D eigenvalue weighted by atomic mass is 10.1. The molecule has 0 amide bonds. The Hall–Kier alpha value is -4.73. The topological polar surface area (TPSA) is 115 Å². The van der Waals surface area contributed by atoms with Gasteiger partial charge in [-0.2, -0.15) is 0 Å². The third-order valence-corrected chi connectivity index (χ3v) is 5.16. The van der Waals surface area contributed by atoms with Gasteiger partial charge in [0.2, 0.25) is 5.88 Å². The molecule has 192 valence electrons. The number of hydrogen-bond donors (Lipinski definition) is 0. The number of hydrogen-bond acceptors (Lipinski definition) is 9. The Bertz CT molecular complexity index is 1440. The van der Waals surface area contributed by atoms with E-state index in [4.69, 9.17) is 28.1 Å². The van der Waals surface area contributed by atoms with Crippen molar-refractivity contribution in [1.82, 2.24) is 4.57 Å². The first-order valence-corrected chi connectivity index (χ1v) is 11.7. The predicted octanol–water partition coefficient (Wildman–Crippen LogP) is 6.60. The third-order valence-electron chi connectivity index (χ3n) is 5.16. The minimum atomic E-state index is -1.03. The third kappa shape index (κ3) is 5.43. The summed E-state index contributed by atoms with van der Waals surface area (Å²) in [7, 11) is 0. The van der Waals surface area contributed by atoms with Crippen LogP contribution >= 0.6 is 0 Å². The fourth-order valence-electron chi connectivity index (χ4n) is 3.70. The van der Waals surface area contributed by atoms with Crippen LogP contribution in [0.5, 0.6) is 5.88 Å². The van der Waals surface area contributed by atoms with Crippen LogP contribution in [0.2, 0.25) is 0 Å². The van der Waals surface area contributed by atoms with Gasteiger partial charge in [-0.15, -0.1) is 0 Å². The Balaban J connectivity index is 1.96. The van der Waals surface area contributed by atoms with Gasteiger partial charge in [0.1, 0.15) is 5.58 Å². The number of para-hydroxylation sites is 2. The van der Waals surface area contributed by atoms with Crippen LogP contribution in [0.15, 0.2) is 59.0 Å². The van der Waals surface area contributed by atoms with Crippen LogP contribution in [0.3, 0.4) is 0 Å². The molecule has 2 aromatic heterocycles. The molecule has 0 N–H and O–H groups in total. The molecular formula is C27H25NO9. The Kier molecular flexibility index (Phi) is 7.77. The van der Waals surface area contributed by atoms with Gasteiger partial charge in [-0.25, -0.2) is 19.0 Å². The van der Waals surface area contributed by atoms with E-state index in [0.29, 0.717) is 16.5 Å². The van der Waals surface area contributed by atoms with Crippen molar-refractivity contribution in [3.05, 3.63) is 65.9 Å². The summed E-state index contributed by atoms with van der Waals surface area (Å²) in [4.78, 5) is 37.6. The van der Waals surface area contributed by atoms with E-state index in [2.05, 4.69) is 0 Å². The van der Waals surface area contributed by atoms with Crippen LogP contribution in [0.25, 0.3) is 33.7 Å². The van der Waals surface area contributed by atoms with Crippen molar-refractivity contribution in [3.8, 4) is 5.88 Å². The minimum Gasteiger partial charge on any atom is -0.453 e. The van der Waals surface area contributed by atoms with Crippen LogP contribution < -0.4 is 4.74 Å². The Labute approximate surface area is 211 Å². The minimum absolute atomic E-state index is 0.0323. The van der Waals surface area contributed by atoms with Gasteiger partial charge in [-0.3, -0.25) is 0 Å². The van der Waals surface area contributed by atoms with Crippen LogP contribution in [0.4, 0.5) is 14.4 Å². The summed E-state index contributed by atoms with van der Waals surface area (Å²) in [6.07, 6.45) is -1.33. The Morgan fingerprint density at radius 2 is 1.54 bits per heavy atom. The van der Waals surface area contributed by atoms with Crippen molar-refractivity contribution in [2.24, 2.45) is 0 Å². The second-order valence-corrected chi connectivity index (χ2v) is 7.50. The monoisotopic (exact) mass is 507 g/mol. The van der Waals surface area contributed by atoms with E-state index in [-0.39, 0.29) is 42.8 Å². The van der Waals surface area contributed by atoms with Gasteiger partial charge in [0.25, 0.3) is 0 Å². The van der Waals surface area contributed by atoms with E-state index < -0.39 is 18.4 Å². The fourth-order valence-corrected chi connectivity index (χ4v) is 3.70. The molecule has 2 aromatic carbocycles. The number of carbonyl (C=O) groups excluding carboxylic acids is 3. The lowest BCUT2D eigenvalue weighted by molar-refractivity contribution is 0.0941. The standard InChI is InChI=1S/C27H25NO9/c1-4-32-25(29)28-20-13-9-8-12-18(20)19(24(28)37-27(31)34-6-3)16-23(36-26(30)33-5-2)22-15-17-11-7-10-14-21(17)35-22/h7-16H,4-6H2,1-3H3/b23-16-. The average Bonchev–Trinajstić information content (AvgIpc) is 3.43. The molecular weight excluding hydrogens is 482 g/mol. The first-order valence-electron chi connectivity index (χ1n) is 11.7. The number of carbonyl (C=O) groups is 3. The van der Waals surface area contributed by atoms with Gasteiger partial charge in [0, 0.05) is 16.3 Å². The first kappa shape index (κ1) is 25.4. The van der Waals surface area contributed by atoms with Gasteiger partial charge >= 0.3 is 18.4 Å². The van der Waals surface area contributed by atoms with E-state index >= 15 is 0 Å². The van der Waals surface area contributed by atoms with E-state index in [1.54, 1.807) is 57.2 Å². The van der Waals surface area contributed by atoms with E-state index in [1.807, 2.05) is 18.2 Å². The molecule has 0 aliphatic rings. The molecule has 0 atom stereocenters. The second-order valence-electron chi connectivity index (χ2n) is 7.50. The van der Waals surface area contributed by atoms with Crippen molar-refractivity contribution >= 4 is 52.1 Å². The molecule has 0 saturated heterocycles. The van der Waals surface area contributed by atoms with E-state index in [0.717, 1.165) is 9.95 Å². The number of nitrogens with zero attached hydrogens (tertiary/aromatic N) is 1. The van der Waals surface area contributed by atoms with Crippen LogP contribution in [0.1, 0.15) is 32.1 Å². The molecule has 0 saturated carbocycles. The SMILES string of the molecule is CCOC(=O)O/C(=C\c1c(OC(=O)OCC)n(C(=O)OCC)c2ccccc12)c1cc2ccccc2o1. The highest BCUT2D eigenvalue weighted by atomic mass is 16.7. The second kappa shape index (κ2) is 11.3. The smallest absolute Gasteiger partial charge is 0.453 e. The summed E-state index contributed by atoms with van der Waals surface area (Å²) in [5, 5.41) is 1.28. The van der Waals surface area contributed by atoms with Gasteiger partial charge in [-0.1, -0.05) is 36.4 Å². The zero-order valence-corrected chi connectivity index (χ0v) is 20.5. The summed E-state index contributed by atoms with van der Waals surface area (Å²) in [6, 6.07) is 15.8. The number of ether oxygens (including phenoxy) is 5. The summed E-state index contributed by atoms with van der Waals surface area (Å²) in [5.41, 5.74) is 1.20. The molecule has 0 aliphatic heterocycles. The van der Waals surface area contributed by atoms with Crippen molar-refractivity contribution in [2.45, 2.75) is 20.8 Å².